The van der Waals surface area contributed by atoms with Crippen molar-refractivity contribution in [3.8, 4) is 5.75 Å². The number of methoxy groups -OCH3 is 1. The fraction of sp³-hybridized carbons (Fsp3) is 0.125. The standard InChI is InChI=1S/C8H10N2O3/c1-13-7-2-4(8(11)12)5(9)3-6(7)10/h2-3H,9-10H2,1H3,(H,11,12). The molecule has 0 radical (unpaired) electrons. The Bertz CT molecular complexity index is 349. The maximum absolute atomic E-state index is 10.6. The van der Waals surface area contributed by atoms with Crippen molar-refractivity contribution in [3.05, 3.63) is 17.7 Å². The second kappa shape index (κ2) is 3.22. The number of rotatable bonds is 2. The van der Waals surface area contributed by atoms with Gasteiger partial charge in [0.1, 0.15) is 5.75 Å². The van der Waals surface area contributed by atoms with Crippen LogP contribution in [0.2, 0.25) is 0 Å². The fourth-order valence-electron chi connectivity index (χ4n) is 0.976. The average Bonchev–Trinajstić information content (AvgIpc) is 2.03. The van der Waals surface area contributed by atoms with Gasteiger partial charge in [0.2, 0.25) is 0 Å². The van der Waals surface area contributed by atoms with Crippen LogP contribution in [0.5, 0.6) is 5.75 Å². The van der Waals surface area contributed by atoms with Crippen molar-refractivity contribution in [2.24, 2.45) is 0 Å². The van der Waals surface area contributed by atoms with Crippen LogP contribution in [-0.2, 0) is 0 Å². The molecule has 5 heteroatoms. The molecular formula is C8H10N2O3. The fourth-order valence-corrected chi connectivity index (χ4v) is 0.976. The minimum Gasteiger partial charge on any atom is -0.495 e. The second-order valence-corrected chi connectivity index (χ2v) is 2.49. The van der Waals surface area contributed by atoms with Crippen molar-refractivity contribution in [1.29, 1.82) is 0 Å². The molecule has 0 atom stereocenters. The summed E-state index contributed by atoms with van der Waals surface area (Å²) in [5.74, 6) is -0.789. The molecular weight excluding hydrogens is 172 g/mol. The number of hydrogen-bond donors (Lipinski definition) is 3. The van der Waals surface area contributed by atoms with E-state index in [9.17, 15) is 4.79 Å². The molecule has 5 nitrogen and oxygen atoms in total. The van der Waals surface area contributed by atoms with Gasteiger partial charge in [-0.1, -0.05) is 0 Å². The van der Waals surface area contributed by atoms with Crippen LogP contribution in [0.3, 0.4) is 0 Å². The van der Waals surface area contributed by atoms with Crippen molar-refractivity contribution in [2.75, 3.05) is 18.6 Å². The Labute approximate surface area is 74.9 Å². The first-order chi connectivity index (χ1) is 6.06. The quantitative estimate of drug-likeness (QED) is 0.580. The van der Waals surface area contributed by atoms with Crippen molar-refractivity contribution in [3.63, 3.8) is 0 Å². The van der Waals surface area contributed by atoms with Gasteiger partial charge in [0.25, 0.3) is 0 Å². The van der Waals surface area contributed by atoms with Crippen LogP contribution >= 0.6 is 0 Å². The summed E-state index contributed by atoms with van der Waals surface area (Å²) in [7, 11) is 1.41. The molecule has 70 valence electrons. The Hall–Kier alpha value is -1.91. The Morgan fingerprint density at radius 2 is 2.00 bits per heavy atom. The minimum atomic E-state index is -1.10. The molecule has 0 aromatic heterocycles. The molecule has 1 rings (SSSR count). The summed E-state index contributed by atoms with van der Waals surface area (Å²) in [4.78, 5) is 10.6. The topological polar surface area (TPSA) is 98.6 Å². The van der Waals surface area contributed by atoms with Crippen LogP contribution in [-0.4, -0.2) is 18.2 Å². The van der Waals surface area contributed by atoms with E-state index in [4.69, 9.17) is 21.3 Å². The predicted octanol–water partition coefficient (Wildman–Crippen LogP) is 0.558. The average molecular weight is 182 g/mol. The van der Waals surface area contributed by atoms with Crippen LogP contribution < -0.4 is 16.2 Å². The largest absolute Gasteiger partial charge is 0.495 e. The van der Waals surface area contributed by atoms with Gasteiger partial charge in [0.15, 0.2) is 0 Å². The van der Waals surface area contributed by atoms with E-state index in [-0.39, 0.29) is 11.3 Å². The number of carbonyl (C=O) groups is 1. The van der Waals surface area contributed by atoms with Gasteiger partial charge in [-0.15, -0.1) is 0 Å². The van der Waals surface area contributed by atoms with E-state index < -0.39 is 5.97 Å². The number of aromatic carboxylic acids is 1. The van der Waals surface area contributed by atoms with Gasteiger partial charge in [-0.05, 0) is 12.1 Å². The number of nitrogens with two attached hydrogens (primary N) is 2. The second-order valence-electron chi connectivity index (χ2n) is 2.49. The van der Waals surface area contributed by atoms with E-state index in [1.165, 1.54) is 19.2 Å². The van der Waals surface area contributed by atoms with E-state index in [1.807, 2.05) is 0 Å². The first-order valence-electron chi connectivity index (χ1n) is 3.52. The molecule has 0 unspecified atom stereocenters. The molecule has 0 aliphatic rings. The molecule has 13 heavy (non-hydrogen) atoms. The Balaban J connectivity index is 3.30. The molecule has 0 bridgehead atoms. The summed E-state index contributed by atoms with van der Waals surface area (Å²) in [6, 6.07) is 2.66. The number of anilines is 2. The third-order valence-electron chi connectivity index (χ3n) is 1.63. The predicted molar refractivity (Wildman–Crippen MR) is 48.8 cm³/mol. The Kier molecular flexibility index (Phi) is 2.27. The molecule has 0 fully saturated rings. The Morgan fingerprint density at radius 1 is 1.38 bits per heavy atom. The monoisotopic (exact) mass is 182 g/mol. The third kappa shape index (κ3) is 1.64. The van der Waals surface area contributed by atoms with E-state index >= 15 is 0 Å². The first kappa shape index (κ1) is 9.18. The maximum Gasteiger partial charge on any atom is 0.337 e. The number of carboxylic acids is 1. The maximum atomic E-state index is 10.6. The van der Waals surface area contributed by atoms with Gasteiger partial charge in [-0.2, -0.15) is 0 Å². The van der Waals surface area contributed by atoms with E-state index in [1.54, 1.807) is 0 Å². The van der Waals surface area contributed by atoms with Crippen LogP contribution in [0, 0.1) is 0 Å². The summed E-state index contributed by atoms with van der Waals surface area (Å²) >= 11 is 0. The highest BCUT2D eigenvalue weighted by Crippen LogP contribution is 2.27. The first-order valence-corrected chi connectivity index (χ1v) is 3.52. The lowest BCUT2D eigenvalue weighted by atomic mass is 10.1. The molecule has 1 aromatic rings. The summed E-state index contributed by atoms with van der Waals surface area (Å²) in [6.45, 7) is 0. The van der Waals surface area contributed by atoms with Crippen molar-refractivity contribution >= 4 is 17.3 Å². The zero-order valence-corrected chi connectivity index (χ0v) is 7.07. The lowest BCUT2D eigenvalue weighted by Gasteiger charge is -2.07. The van der Waals surface area contributed by atoms with Crippen molar-refractivity contribution in [2.45, 2.75) is 0 Å². The molecule has 5 N–H and O–H groups in total. The van der Waals surface area contributed by atoms with Gasteiger partial charge in [-0.25, -0.2) is 4.79 Å². The third-order valence-corrected chi connectivity index (χ3v) is 1.63. The smallest absolute Gasteiger partial charge is 0.337 e. The lowest BCUT2D eigenvalue weighted by Crippen LogP contribution is -2.04. The highest BCUT2D eigenvalue weighted by molar-refractivity contribution is 5.95. The molecule has 0 amide bonds. The SMILES string of the molecule is COc1cc(C(=O)O)c(N)cc1N. The number of benzene rings is 1. The lowest BCUT2D eigenvalue weighted by molar-refractivity contribution is 0.0697. The van der Waals surface area contributed by atoms with Crippen LogP contribution in [0.1, 0.15) is 10.4 Å². The molecule has 0 saturated carbocycles. The summed E-state index contributed by atoms with van der Waals surface area (Å²) in [6.07, 6.45) is 0. The number of ether oxygens (including phenoxy) is 1. The van der Waals surface area contributed by atoms with E-state index in [2.05, 4.69) is 0 Å². The van der Waals surface area contributed by atoms with E-state index in [0.29, 0.717) is 11.4 Å². The molecule has 0 spiro atoms. The number of hydrogen-bond acceptors (Lipinski definition) is 4. The zero-order chi connectivity index (χ0) is 10.0. The normalized spacial score (nSPS) is 9.62. The molecule has 0 aliphatic heterocycles. The van der Waals surface area contributed by atoms with Crippen LogP contribution in [0.25, 0.3) is 0 Å². The van der Waals surface area contributed by atoms with Gasteiger partial charge < -0.3 is 21.3 Å². The highest BCUT2D eigenvalue weighted by atomic mass is 16.5. The number of carboxylic acid groups (broad SMARTS) is 1. The molecule has 1 aromatic carbocycles. The minimum absolute atomic E-state index is 0.00829. The Morgan fingerprint density at radius 3 is 2.46 bits per heavy atom. The van der Waals surface area contributed by atoms with Gasteiger partial charge in [0, 0.05) is 5.69 Å². The van der Waals surface area contributed by atoms with Gasteiger partial charge in [0.05, 0.1) is 18.4 Å². The zero-order valence-electron chi connectivity index (χ0n) is 7.07. The summed E-state index contributed by atoms with van der Waals surface area (Å²) in [5, 5.41) is 8.70. The van der Waals surface area contributed by atoms with E-state index in [0.717, 1.165) is 0 Å². The summed E-state index contributed by atoms with van der Waals surface area (Å²) < 4.78 is 4.85. The molecule has 0 heterocycles. The van der Waals surface area contributed by atoms with Crippen LogP contribution in [0.4, 0.5) is 11.4 Å². The van der Waals surface area contributed by atoms with Gasteiger partial charge >= 0.3 is 5.97 Å². The molecule has 0 saturated heterocycles. The van der Waals surface area contributed by atoms with Crippen LogP contribution in [0.15, 0.2) is 12.1 Å². The highest BCUT2D eigenvalue weighted by Gasteiger charge is 2.11. The molecule has 0 aliphatic carbocycles. The van der Waals surface area contributed by atoms with Gasteiger partial charge in [-0.3, -0.25) is 0 Å². The number of nitrogen functional groups attached to an aromatic ring is 2. The summed E-state index contributed by atoms with van der Waals surface area (Å²) in [5.41, 5.74) is 11.4. The van der Waals surface area contributed by atoms with Crippen molar-refractivity contribution < 1.29 is 14.6 Å². The van der Waals surface area contributed by atoms with Crippen molar-refractivity contribution in [1.82, 2.24) is 0 Å².